The zero-order valence-electron chi connectivity index (χ0n) is 18.0. The lowest BCUT2D eigenvalue weighted by atomic mass is 10.0. The highest BCUT2D eigenvalue weighted by Gasteiger charge is 2.14. The minimum atomic E-state index is -0.130. The van der Waals surface area contributed by atoms with Gasteiger partial charge in [-0.05, 0) is 67.6 Å². The molecule has 0 aliphatic carbocycles. The van der Waals surface area contributed by atoms with Gasteiger partial charge in [0.1, 0.15) is 0 Å². The van der Waals surface area contributed by atoms with Crippen molar-refractivity contribution >= 4 is 17.5 Å². The first kappa shape index (κ1) is 22.6. The van der Waals surface area contributed by atoms with Crippen molar-refractivity contribution in [2.24, 2.45) is 0 Å². The molecule has 1 unspecified atom stereocenters. The van der Waals surface area contributed by atoms with Gasteiger partial charge in [0.05, 0.1) is 14.2 Å². The summed E-state index contributed by atoms with van der Waals surface area (Å²) in [5.41, 5.74) is 3.45. The fraction of sp³-hybridized carbons (Fsp3) is 0.280. The summed E-state index contributed by atoms with van der Waals surface area (Å²) < 4.78 is 10.7. The van der Waals surface area contributed by atoms with Crippen molar-refractivity contribution in [3.05, 3.63) is 77.1 Å². The maximum Gasteiger partial charge on any atom is 0.251 e. The van der Waals surface area contributed by atoms with Crippen molar-refractivity contribution in [1.29, 1.82) is 0 Å². The number of pyridine rings is 1. The predicted octanol–water partition coefficient (Wildman–Crippen LogP) is 5.56. The third-order valence-corrected chi connectivity index (χ3v) is 5.44. The van der Waals surface area contributed by atoms with Crippen molar-refractivity contribution in [3.8, 4) is 22.6 Å². The van der Waals surface area contributed by atoms with E-state index in [4.69, 9.17) is 21.1 Å². The molecule has 0 radical (unpaired) electrons. The number of carbonyl (C=O) groups excluding carboxylic acids is 1. The number of amides is 1. The van der Waals surface area contributed by atoms with Crippen LogP contribution in [-0.4, -0.2) is 31.2 Å². The van der Waals surface area contributed by atoms with Crippen molar-refractivity contribution in [3.63, 3.8) is 0 Å². The van der Waals surface area contributed by atoms with Gasteiger partial charge in [0.2, 0.25) is 0 Å². The molecule has 31 heavy (non-hydrogen) atoms. The van der Waals surface area contributed by atoms with Gasteiger partial charge in [-0.1, -0.05) is 29.8 Å². The van der Waals surface area contributed by atoms with Crippen LogP contribution < -0.4 is 14.8 Å². The van der Waals surface area contributed by atoms with Crippen molar-refractivity contribution in [1.82, 2.24) is 10.3 Å². The Balaban J connectivity index is 1.61. The average Bonchev–Trinajstić information content (AvgIpc) is 2.79. The highest BCUT2D eigenvalue weighted by molar-refractivity contribution is 6.33. The van der Waals surface area contributed by atoms with Gasteiger partial charge in [0.25, 0.3) is 5.91 Å². The number of carbonyl (C=O) groups is 1. The maximum absolute atomic E-state index is 12.7. The average molecular weight is 439 g/mol. The lowest BCUT2D eigenvalue weighted by Crippen LogP contribution is -2.32. The number of methoxy groups -OCH3 is 2. The maximum atomic E-state index is 12.7. The molecule has 1 atom stereocenters. The Hall–Kier alpha value is -3.05. The predicted molar refractivity (Wildman–Crippen MR) is 124 cm³/mol. The zero-order chi connectivity index (χ0) is 22.2. The molecule has 1 amide bonds. The lowest BCUT2D eigenvalue weighted by Gasteiger charge is -2.15. The van der Waals surface area contributed by atoms with Crippen LogP contribution in [0.2, 0.25) is 5.02 Å². The first-order valence-electron chi connectivity index (χ1n) is 10.2. The van der Waals surface area contributed by atoms with E-state index < -0.39 is 0 Å². The summed E-state index contributed by atoms with van der Waals surface area (Å²) in [6, 6.07) is 15.0. The summed E-state index contributed by atoms with van der Waals surface area (Å²) in [5, 5.41) is 3.56. The Kier molecular flexibility index (Phi) is 7.90. The minimum absolute atomic E-state index is 0.0634. The Bertz CT molecular complexity index is 1020. The number of nitrogens with one attached hydrogen (secondary N) is 1. The number of benzene rings is 2. The Morgan fingerprint density at radius 2 is 1.90 bits per heavy atom. The second kappa shape index (κ2) is 10.8. The van der Waals surface area contributed by atoms with Gasteiger partial charge >= 0.3 is 0 Å². The molecule has 3 rings (SSSR count). The van der Waals surface area contributed by atoms with Crippen LogP contribution in [0.4, 0.5) is 0 Å². The normalized spacial score (nSPS) is 11.6. The third kappa shape index (κ3) is 5.98. The standard InChI is InChI=1S/C25H27ClN2O3/c1-17(6-4-7-18-8-5-13-27-16-18)28-25(29)20-9-11-21(22(26)14-20)19-10-12-23(30-2)24(15-19)31-3/h5,8-17H,4,6-7H2,1-3H3,(H,28,29). The van der Waals surface area contributed by atoms with E-state index in [1.165, 1.54) is 5.56 Å². The molecule has 1 aromatic heterocycles. The molecule has 2 aromatic carbocycles. The number of hydrogen-bond acceptors (Lipinski definition) is 4. The van der Waals surface area contributed by atoms with Crippen molar-refractivity contribution in [2.45, 2.75) is 32.2 Å². The van der Waals surface area contributed by atoms with Crippen LogP contribution in [0.25, 0.3) is 11.1 Å². The van der Waals surface area contributed by atoms with Gasteiger partial charge < -0.3 is 14.8 Å². The van der Waals surface area contributed by atoms with Crippen LogP contribution in [0.3, 0.4) is 0 Å². The number of rotatable bonds is 9. The summed E-state index contributed by atoms with van der Waals surface area (Å²) in [6.07, 6.45) is 6.46. The molecule has 0 aliphatic heterocycles. The van der Waals surface area contributed by atoms with E-state index >= 15 is 0 Å². The highest BCUT2D eigenvalue weighted by Crippen LogP contribution is 2.35. The van der Waals surface area contributed by atoms with Crippen molar-refractivity contribution in [2.75, 3.05) is 14.2 Å². The summed E-state index contributed by atoms with van der Waals surface area (Å²) in [7, 11) is 3.19. The van der Waals surface area contributed by atoms with E-state index in [0.717, 1.165) is 30.4 Å². The van der Waals surface area contributed by atoms with Gasteiger partial charge in [-0.3, -0.25) is 9.78 Å². The van der Waals surface area contributed by atoms with Gasteiger partial charge in [0.15, 0.2) is 11.5 Å². The second-order valence-electron chi connectivity index (χ2n) is 7.39. The molecule has 0 saturated heterocycles. The van der Waals surface area contributed by atoms with Crippen LogP contribution in [-0.2, 0) is 6.42 Å². The van der Waals surface area contributed by atoms with E-state index in [1.54, 1.807) is 32.5 Å². The molecule has 1 N–H and O–H groups in total. The number of hydrogen-bond donors (Lipinski definition) is 1. The molecule has 0 spiro atoms. The Morgan fingerprint density at radius 3 is 2.58 bits per heavy atom. The SMILES string of the molecule is COc1ccc(-c2ccc(C(=O)NC(C)CCCc3cccnc3)cc2Cl)cc1OC. The molecule has 162 valence electrons. The molecule has 0 bridgehead atoms. The summed E-state index contributed by atoms with van der Waals surface area (Å²) in [4.78, 5) is 16.8. The number of ether oxygens (including phenoxy) is 2. The minimum Gasteiger partial charge on any atom is -0.493 e. The van der Waals surface area contributed by atoms with Crippen molar-refractivity contribution < 1.29 is 14.3 Å². The quantitative estimate of drug-likeness (QED) is 0.475. The molecule has 0 saturated carbocycles. The molecule has 1 heterocycles. The summed E-state index contributed by atoms with van der Waals surface area (Å²) >= 11 is 6.51. The first-order valence-corrected chi connectivity index (χ1v) is 10.6. The third-order valence-electron chi connectivity index (χ3n) is 5.13. The Morgan fingerprint density at radius 1 is 1.10 bits per heavy atom. The molecule has 5 nitrogen and oxygen atoms in total. The van der Waals surface area contributed by atoms with Gasteiger partial charge in [-0.15, -0.1) is 0 Å². The zero-order valence-corrected chi connectivity index (χ0v) is 18.8. The molecular formula is C25H27ClN2O3. The fourth-order valence-electron chi connectivity index (χ4n) is 3.43. The number of nitrogens with zero attached hydrogens (tertiary/aromatic N) is 1. The lowest BCUT2D eigenvalue weighted by molar-refractivity contribution is 0.0938. The Labute approximate surface area is 188 Å². The highest BCUT2D eigenvalue weighted by atomic mass is 35.5. The number of aryl methyl sites for hydroxylation is 1. The summed E-state index contributed by atoms with van der Waals surface area (Å²) in [5.74, 6) is 1.14. The second-order valence-corrected chi connectivity index (χ2v) is 7.80. The van der Waals surface area contributed by atoms with Crippen LogP contribution >= 0.6 is 11.6 Å². The summed E-state index contributed by atoms with van der Waals surface area (Å²) in [6.45, 7) is 2.01. The van der Waals surface area contributed by atoms with Crippen LogP contribution in [0.15, 0.2) is 60.9 Å². The molecular weight excluding hydrogens is 412 g/mol. The van der Waals surface area contributed by atoms with Gasteiger partial charge in [0, 0.05) is 34.6 Å². The molecule has 0 aliphatic rings. The number of aromatic nitrogens is 1. The number of halogens is 1. The van der Waals surface area contributed by atoms with Gasteiger partial charge in [-0.2, -0.15) is 0 Å². The molecule has 3 aromatic rings. The van der Waals surface area contributed by atoms with Crippen LogP contribution in [0.5, 0.6) is 11.5 Å². The van der Waals surface area contributed by atoms with Gasteiger partial charge in [-0.25, -0.2) is 0 Å². The molecule has 0 fully saturated rings. The van der Waals surface area contributed by atoms with E-state index in [1.807, 2.05) is 43.5 Å². The van der Waals surface area contributed by atoms with Crippen LogP contribution in [0.1, 0.15) is 35.7 Å². The van der Waals surface area contributed by atoms with E-state index in [2.05, 4.69) is 16.4 Å². The van der Waals surface area contributed by atoms with E-state index in [-0.39, 0.29) is 11.9 Å². The first-order chi connectivity index (χ1) is 15.0. The smallest absolute Gasteiger partial charge is 0.251 e. The largest absolute Gasteiger partial charge is 0.493 e. The van der Waals surface area contributed by atoms with E-state index in [9.17, 15) is 4.79 Å². The van der Waals surface area contributed by atoms with E-state index in [0.29, 0.717) is 22.1 Å². The molecule has 6 heteroatoms. The topological polar surface area (TPSA) is 60.5 Å². The monoisotopic (exact) mass is 438 g/mol. The van der Waals surface area contributed by atoms with Crippen LogP contribution in [0, 0.1) is 0 Å². The fourth-order valence-corrected chi connectivity index (χ4v) is 3.72.